The average molecular weight is 329 g/mol. The maximum atomic E-state index is 13.8. The molecule has 0 aliphatic heterocycles. The predicted octanol–water partition coefficient (Wildman–Crippen LogP) is 3.89. The van der Waals surface area contributed by atoms with Crippen LogP contribution in [0, 0.1) is 12.7 Å². The number of carboxylic acids is 1. The second-order valence-corrected chi connectivity index (χ2v) is 5.89. The number of aliphatic carboxylic acids is 1. The average Bonchev–Trinajstić information content (AvgIpc) is 2.50. The van der Waals surface area contributed by atoms with Crippen LogP contribution in [0.3, 0.4) is 0 Å². The van der Waals surface area contributed by atoms with Crippen molar-refractivity contribution in [2.24, 2.45) is 0 Å². The van der Waals surface area contributed by atoms with E-state index in [9.17, 15) is 14.0 Å². The molecule has 0 aromatic heterocycles. The molecule has 0 aliphatic rings. The summed E-state index contributed by atoms with van der Waals surface area (Å²) in [7, 11) is 0. The van der Waals surface area contributed by atoms with Crippen LogP contribution in [0.4, 0.5) is 10.1 Å². The van der Waals surface area contributed by atoms with Gasteiger partial charge in [-0.1, -0.05) is 37.3 Å². The van der Waals surface area contributed by atoms with Gasteiger partial charge >= 0.3 is 5.97 Å². The topological polar surface area (TPSA) is 66.4 Å². The van der Waals surface area contributed by atoms with Crippen LogP contribution < -0.4 is 5.32 Å². The number of benzene rings is 2. The molecule has 2 aromatic carbocycles. The molecule has 2 rings (SSSR count). The highest BCUT2D eigenvalue weighted by molar-refractivity contribution is 5.91. The van der Waals surface area contributed by atoms with Crippen molar-refractivity contribution in [3.8, 4) is 0 Å². The SMILES string of the molecule is Cc1ccccc1C(C)CC(=O)Nc1ccc(CC(=O)O)c(F)c1. The van der Waals surface area contributed by atoms with Gasteiger partial charge in [-0.3, -0.25) is 9.59 Å². The first-order valence-corrected chi connectivity index (χ1v) is 7.72. The fraction of sp³-hybridized carbons (Fsp3) is 0.263. The van der Waals surface area contributed by atoms with E-state index in [1.807, 2.05) is 38.1 Å². The number of anilines is 1. The summed E-state index contributed by atoms with van der Waals surface area (Å²) in [5.74, 6) is -1.90. The van der Waals surface area contributed by atoms with E-state index in [1.54, 1.807) is 0 Å². The molecule has 0 spiro atoms. The summed E-state index contributed by atoms with van der Waals surface area (Å²) in [6, 6.07) is 11.9. The predicted molar refractivity (Wildman–Crippen MR) is 90.6 cm³/mol. The third kappa shape index (κ3) is 4.65. The number of halogens is 1. The molecule has 1 unspecified atom stereocenters. The quantitative estimate of drug-likeness (QED) is 0.845. The highest BCUT2D eigenvalue weighted by Gasteiger charge is 2.14. The molecule has 1 atom stereocenters. The van der Waals surface area contributed by atoms with Crippen LogP contribution in [0.5, 0.6) is 0 Å². The first-order valence-electron chi connectivity index (χ1n) is 7.72. The molecule has 0 bridgehead atoms. The Morgan fingerprint density at radius 2 is 1.92 bits per heavy atom. The number of rotatable bonds is 6. The molecule has 0 fully saturated rings. The Labute approximate surface area is 140 Å². The molecule has 5 heteroatoms. The Hall–Kier alpha value is -2.69. The lowest BCUT2D eigenvalue weighted by atomic mass is 9.93. The van der Waals surface area contributed by atoms with E-state index >= 15 is 0 Å². The molecule has 0 aliphatic carbocycles. The van der Waals surface area contributed by atoms with E-state index in [4.69, 9.17) is 5.11 Å². The Bertz CT molecular complexity index is 758. The lowest BCUT2D eigenvalue weighted by Crippen LogP contribution is -2.15. The van der Waals surface area contributed by atoms with E-state index in [0.29, 0.717) is 5.69 Å². The molecular formula is C19H20FNO3. The van der Waals surface area contributed by atoms with Gasteiger partial charge in [0.2, 0.25) is 5.91 Å². The van der Waals surface area contributed by atoms with Crippen LogP contribution in [0.1, 0.15) is 36.0 Å². The first-order chi connectivity index (χ1) is 11.4. The van der Waals surface area contributed by atoms with Gasteiger partial charge in [-0.25, -0.2) is 4.39 Å². The summed E-state index contributed by atoms with van der Waals surface area (Å²) in [5.41, 5.74) is 2.65. The molecule has 2 N–H and O–H groups in total. The smallest absolute Gasteiger partial charge is 0.307 e. The minimum absolute atomic E-state index is 0.0438. The fourth-order valence-electron chi connectivity index (χ4n) is 2.67. The number of aryl methyl sites for hydroxylation is 1. The molecule has 0 heterocycles. The van der Waals surface area contributed by atoms with Crippen molar-refractivity contribution in [1.29, 1.82) is 0 Å². The lowest BCUT2D eigenvalue weighted by molar-refractivity contribution is -0.136. The van der Waals surface area contributed by atoms with Crippen molar-refractivity contribution >= 4 is 17.6 Å². The summed E-state index contributed by atoms with van der Waals surface area (Å²) in [4.78, 5) is 22.8. The van der Waals surface area contributed by atoms with Gasteiger partial charge in [0, 0.05) is 12.1 Å². The van der Waals surface area contributed by atoms with E-state index in [-0.39, 0.29) is 30.2 Å². The summed E-state index contributed by atoms with van der Waals surface area (Å²) in [6.07, 6.45) is -0.103. The van der Waals surface area contributed by atoms with Crippen LogP contribution >= 0.6 is 0 Å². The van der Waals surface area contributed by atoms with Crippen LogP contribution in [0.2, 0.25) is 0 Å². The zero-order valence-corrected chi connectivity index (χ0v) is 13.7. The highest BCUT2D eigenvalue weighted by atomic mass is 19.1. The molecule has 0 saturated carbocycles. The summed E-state index contributed by atoms with van der Waals surface area (Å²) < 4.78 is 13.8. The van der Waals surface area contributed by atoms with Gasteiger partial charge in [-0.15, -0.1) is 0 Å². The van der Waals surface area contributed by atoms with Crippen LogP contribution in [-0.2, 0) is 16.0 Å². The number of carboxylic acid groups (broad SMARTS) is 1. The van der Waals surface area contributed by atoms with E-state index in [1.165, 1.54) is 12.1 Å². The normalized spacial score (nSPS) is 11.8. The van der Waals surface area contributed by atoms with Crippen molar-refractivity contribution in [1.82, 2.24) is 0 Å². The van der Waals surface area contributed by atoms with Crippen molar-refractivity contribution in [2.75, 3.05) is 5.32 Å². The maximum absolute atomic E-state index is 13.8. The molecule has 2 aromatic rings. The summed E-state index contributed by atoms with van der Waals surface area (Å²) >= 11 is 0. The number of nitrogens with one attached hydrogen (secondary N) is 1. The number of carbonyl (C=O) groups is 2. The molecule has 0 radical (unpaired) electrons. The van der Waals surface area contributed by atoms with Gasteiger partial charge in [0.15, 0.2) is 0 Å². The molecule has 0 saturated heterocycles. The standard InChI is InChI=1S/C19H20FNO3/c1-12-5-3-4-6-16(12)13(2)9-18(22)21-15-8-7-14(10-19(23)24)17(20)11-15/h3-8,11,13H,9-10H2,1-2H3,(H,21,22)(H,23,24). The Balaban J connectivity index is 2.01. The van der Waals surface area contributed by atoms with Gasteiger partial charge in [0.1, 0.15) is 5.82 Å². The Kier molecular flexibility index (Phi) is 5.68. The second-order valence-electron chi connectivity index (χ2n) is 5.89. The van der Waals surface area contributed by atoms with Crippen molar-refractivity contribution in [3.63, 3.8) is 0 Å². The monoisotopic (exact) mass is 329 g/mol. The van der Waals surface area contributed by atoms with Gasteiger partial charge in [-0.2, -0.15) is 0 Å². The summed E-state index contributed by atoms with van der Waals surface area (Å²) in [5, 5.41) is 11.4. The molecule has 4 nitrogen and oxygen atoms in total. The van der Waals surface area contributed by atoms with Crippen molar-refractivity contribution < 1.29 is 19.1 Å². The largest absolute Gasteiger partial charge is 0.481 e. The summed E-state index contributed by atoms with van der Waals surface area (Å²) in [6.45, 7) is 3.97. The van der Waals surface area contributed by atoms with Gasteiger partial charge in [0.05, 0.1) is 6.42 Å². The van der Waals surface area contributed by atoms with E-state index in [0.717, 1.165) is 17.2 Å². The van der Waals surface area contributed by atoms with Gasteiger partial charge in [0.25, 0.3) is 0 Å². The minimum atomic E-state index is -1.10. The highest BCUT2D eigenvalue weighted by Crippen LogP contribution is 2.23. The van der Waals surface area contributed by atoms with Gasteiger partial charge in [-0.05, 0) is 41.7 Å². The van der Waals surface area contributed by atoms with Crippen LogP contribution in [-0.4, -0.2) is 17.0 Å². The van der Waals surface area contributed by atoms with E-state index < -0.39 is 11.8 Å². The zero-order valence-electron chi connectivity index (χ0n) is 13.7. The molecule has 1 amide bonds. The van der Waals surface area contributed by atoms with Crippen LogP contribution in [0.25, 0.3) is 0 Å². The number of carbonyl (C=O) groups excluding carboxylic acids is 1. The second kappa shape index (κ2) is 7.73. The van der Waals surface area contributed by atoms with Crippen molar-refractivity contribution in [2.45, 2.75) is 32.6 Å². The maximum Gasteiger partial charge on any atom is 0.307 e. The zero-order chi connectivity index (χ0) is 17.7. The lowest BCUT2D eigenvalue weighted by Gasteiger charge is -2.14. The number of hydrogen-bond acceptors (Lipinski definition) is 2. The number of hydrogen-bond donors (Lipinski definition) is 2. The van der Waals surface area contributed by atoms with E-state index in [2.05, 4.69) is 5.32 Å². The third-order valence-electron chi connectivity index (χ3n) is 3.89. The Morgan fingerprint density at radius 3 is 2.54 bits per heavy atom. The van der Waals surface area contributed by atoms with Gasteiger partial charge < -0.3 is 10.4 Å². The first kappa shape index (κ1) is 17.7. The Morgan fingerprint density at radius 1 is 1.21 bits per heavy atom. The van der Waals surface area contributed by atoms with Crippen molar-refractivity contribution in [3.05, 3.63) is 65.0 Å². The van der Waals surface area contributed by atoms with Crippen LogP contribution in [0.15, 0.2) is 42.5 Å². The molecule has 24 heavy (non-hydrogen) atoms. The number of amides is 1. The third-order valence-corrected chi connectivity index (χ3v) is 3.89. The molecule has 126 valence electrons. The minimum Gasteiger partial charge on any atom is -0.481 e. The fourth-order valence-corrected chi connectivity index (χ4v) is 2.67. The molecular weight excluding hydrogens is 309 g/mol.